The van der Waals surface area contributed by atoms with Crippen molar-refractivity contribution in [2.75, 3.05) is 18.4 Å². The quantitative estimate of drug-likeness (QED) is 0.576. The number of anilines is 1. The maximum atomic E-state index is 12.9. The zero-order chi connectivity index (χ0) is 23.7. The highest BCUT2D eigenvalue weighted by Gasteiger charge is 2.30. The molecule has 0 fully saturated rings. The Hall–Kier alpha value is -3.18. The lowest BCUT2D eigenvalue weighted by atomic mass is 10.1. The SMILES string of the molecule is CCN(CC)S(=O)(=O)c1ccc2[nH]c(=O)cc(C(=O)Nc3ccc(C(F)(F)F)cc3)c2c1. The van der Waals surface area contributed by atoms with Crippen molar-refractivity contribution in [3.05, 3.63) is 70.0 Å². The Morgan fingerprint density at radius 3 is 2.22 bits per heavy atom. The average Bonchev–Trinajstić information content (AvgIpc) is 2.73. The molecular weight excluding hydrogens is 447 g/mol. The summed E-state index contributed by atoms with van der Waals surface area (Å²) in [5.41, 5.74) is -1.24. The molecule has 2 aromatic carbocycles. The van der Waals surface area contributed by atoms with E-state index in [1.807, 2.05) is 0 Å². The number of hydrogen-bond acceptors (Lipinski definition) is 4. The highest BCUT2D eigenvalue weighted by molar-refractivity contribution is 7.89. The first-order valence-corrected chi connectivity index (χ1v) is 11.1. The van der Waals surface area contributed by atoms with Gasteiger partial charge in [0.15, 0.2) is 0 Å². The highest BCUT2D eigenvalue weighted by Crippen LogP contribution is 2.30. The van der Waals surface area contributed by atoms with E-state index in [2.05, 4.69) is 10.3 Å². The lowest BCUT2D eigenvalue weighted by molar-refractivity contribution is -0.137. The predicted molar refractivity (Wildman–Crippen MR) is 114 cm³/mol. The van der Waals surface area contributed by atoms with Gasteiger partial charge in [0.2, 0.25) is 15.6 Å². The number of aromatic nitrogens is 1. The minimum atomic E-state index is -4.52. The molecule has 11 heteroatoms. The highest BCUT2D eigenvalue weighted by atomic mass is 32.2. The number of rotatable bonds is 6. The lowest BCUT2D eigenvalue weighted by Gasteiger charge is -2.19. The third kappa shape index (κ3) is 4.68. The van der Waals surface area contributed by atoms with Crippen LogP contribution in [0.5, 0.6) is 0 Å². The van der Waals surface area contributed by atoms with Gasteiger partial charge in [0.25, 0.3) is 5.91 Å². The molecule has 0 atom stereocenters. The topological polar surface area (TPSA) is 99.3 Å². The number of sulfonamides is 1. The number of fused-ring (bicyclic) bond motifs is 1. The Kier molecular flexibility index (Phi) is 6.42. The lowest BCUT2D eigenvalue weighted by Crippen LogP contribution is -2.30. The molecule has 32 heavy (non-hydrogen) atoms. The Balaban J connectivity index is 2.03. The Labute approximate surface area is 181 Å². The molecule has 1 aromatic heterocycles. The molecule has 1 amide bonds. The van der Waals surface area contributed by atoms with Crippen molar-refractivity contribution in [1.82, 2.24) is 9.29 Å². The minimum Gasteiger partial charge on any atom is -0.322 e. The number of carbonyl (C=O) groups excluding carboxylic acids is 1. The van der Waals surface area contributed by atoms with Gasteiger partial charge in [-0.15, -0.1) is 0 Å². The van der Waals surface area contributed by atoms with E-state index in [1.54, 1.807) is 13.8 Å². The summed E-state index contributed by atoms with van der Waals surface area (Å²) in [6.45, 7) is 3.90. The molecule has 0 saturated carbocycles. The fourth-order valence-corrected chi connectivity index (χ4v) is 4.72. The van der Waals surface area contributed by atoms with E-state index in [9.17, 15) is 31.2 Å². The van der Waals surface area contributed by atoms with Crippen LogP contribution in [0, 0.1) is 0 Å². The van der Waals surface area contributed by atoms with E-state index in [1.165, 1.54) is 22.5 Å². The van der Waals surface area contributed by atoms with Crippen LogP contribution in [0.4, 0.5) is 18.9 Å². The summed E-state index contributed by atoms with van der Waals surface area (Å²) < 4.78 is 65.1. The first-order valence-electron chi connectivity index (χ1n) is 9.63. The second-order valence-corrected chi connectivity index (χ2v) is 8.81. The van der Waals surface area contributed by atoms with Crippen LogP contribution >= 0.6 is 0 Å². The molecule has 7 nitrogen and oxygen atoms in total. The van der Waals surface area contributed by atoms with Crippen molar-refractivity contribution < 1.29 is 26.4 Å². The summed E-state index contributed by atoms with van der Waals surface area (Å²) in [4.78, 5) is 27.3. The average molecular weight is 467 g/mol. The molecule has 0 bridgehead atoms. The van der Waals surface area contributed by atoms with Gasteiger partial charge < -0.3 is 10.3 Å². The van der Waals surface area contributed by atoms with Crippen molar-refractivity contribution >= 4 is 32.5 Å². The maximum Gasteiger partial charge on any atom is 0.416 e. The van der Waals surface area contributed by atoms with Gasteiger partial charge in [-0.1, -0.05) is 13.8 Å². The van der Waals surface area contributed by atoms with Crippen LogP contribution in [-0.4, -0.2) is 36.7 Å². The molecule has 0 aliphatic rings. The predicted octanol–water partition coefficient (Wildman–Crippen LogP) is 3.83. The number of halogens is 3. The number of carbonyl (C=O) groups is 1. The van der Waals surface area contributed by atoms with Crippen LogP contribution in [0.15, 0.2) is 58.2 Å². The second-order valence-electron chi connectivity index (χ2n) is 6.87. The van der Waals surface area contributed by atoms with Crippen LogP contribution in [0.1, 0.15) is 29.8 Å². The van der Waals surface area contributed by atoms with E-state index >= 15 is 0 Å². The number of benzene rings is 2. The number of hydrogen-bond donors (Lipinski definition) is 2. The third-order valence-electron chi connectivity index (χ3n) is 4.87. The minimum absolute atomic E-state index is 0.0515. The van der Waals surface area contributed by atoms with E-state index in [0.29, 0.717) is 0 Å². The molecule has 0 aliphatic heterocycles. The molecule has 0 radical (unpaired) electrons. The van der Waals surface area contributed by atoms with Gasteiger partial charge in [0.05, 0.1) is 16.0 Å². The summed E-state index contributed by atoms with van der Waals surface area (Å²) in [7, 11) is -3.82. The summed E-state index contributed by atoms with van der Waals surface area (Å²) in [5.74, 6) is -0.766. The van der Waals surface area contributed by atoms with Crippen LogP contribution < -0.4 is 10.9 Å². The van der Waals surface area contributed by atoms with E-state index in [4.69, 9.17) is 0 Å². The summed E-state index contributed by atoms with van der Waals surface area (Å²) in [6.07, 6.45) is -4.52. The monoisotopic (exact) mass is 467 g/mol. The summed E-state index contributed by atoms with van der Waals surface area (Å²) >= 11 is 0. The standard InChI is InChI=1S/C21H20F3N3O4S/c1-3-27(4-2)32(30,31)15-9-10-18-16(11-15)17(12-19(28)26-18)20(29)25-14-7-5-13(6-8-14)21(22,23)24/h5-12H,3-4H2,1-2H3,(H,25,29)(H,26,28). The molecule has 3 rings (SSSR count). The van der Waals surface area contributed by atoms with Crippen LogP contribution in [0.3, 0.4) is 0 Å². The molecule has 2 N–H and O–H groups in total. The fraction of sp³-hybridized carbons (Fsp3) is 0.238. The van der Waals surface area contributed by atoms with Crippen LogP contribution in [-0.2, 0) is 16.2 Å². The smallest absolute Gasteiger partial charge is 0.322 e. The van der Waals surface area contributed by atoms with Crippen molar-refractivity contribution in [2.45, 2.75) is 24.9 Å². The van der Waals surface area contributed by atoms with Crippen molar-refractivity contribution in [3.63, 3.8) is 0 Å². The van der Waals surface area contributed by atoms with Crippen molar-refractivity contribution in [2.24, 2.45) is 0 Å². The van der Waals surface area contributed by atoms with E-state index < -0.39 is 33.2 Å². The number of nitrogens with one attached hydrogen (secondary N) is 2. The largest absolute Gasteiger partial charge is 0.416 e. The van der Waals surface area contributed by atoms with Gasteiger partial charge in [-0.2, -0.15) is 17.5 Å². The normalized spacial score (nSPS) is 12.3. The van der Waals surface area contributed by atoms with Crippen LogP contribution in [0.2, 0.25) is 0 Å². The number of nitrogens with zero attached hydrogens (tertiary/aromatic N) is 1. The van der Waals surface area contributed by atoms with Crippen molar-refractivity contribution in [3.8, 4) is 0 Å². The Morgan fingerprint density at radius 2 is 1.66 bits per heavy atom. The van der Waals surface area contributed by atoms with Gasteiger partial charge in [0, 0.05) is 35.7 Å². The van der Waals surface area contributed by atoms with Gasteiger partial charge >= 0.3 is 6.18 Å². The molecule has 170 valence electrons. The molecule has 0 spiro atoms. The van der Waals surface area contributed by atoms with E-state index in [-0.39, 0.29) is 40.1 Å². The van der Waals surface area contributed by atoms with Gasteiger partial charge in [-0.3, -0.25) is 9.59 Å². The van der Waals surface area contributed by atoms with Gasteiger partial charge in [-0.25, -0.2) is 8.42 Å². The first kappa shape index (κ1) is 23.5. The van der Waals surface area contributed by atoms with Gasteiger partial charge in [-0.05, 0) is 42.5 Å². The molecule has 0 unspecified atom stereocenters. The van der Waals surface area contributed by atoms with Gasteiger partial charge in [0.1, 0.15) is 0 Å². The number of H-pyrrole nitrogens is 1. The number of amides is 1. The van der Waals surface area contributed by atoms with Crippen LogP contribution in [0.25, 0.3) is 10.9 Å². The zero-order valence-electron chi connectivity index (χ0n) is 17.2. The fourth-order valence-electron chi connectivity index (χ4n) is 3.23. The number of pyridine rings is 1. The summed E-state index contributed by atoms with van der Waals surface area (Å²) in [5, 5.41) is 2.62. The number of aromatic amines is 1. The first-order chi connectivity index (χ1) is 15.0. The Morgan fingerprint density at radius 1 is 1.03 bits per heavy atom. The Bertz CT molecular complexity index is 1310. The molecule has 0 saturated heterocycles. The maximum absolute atomic E-state index is 12.9. The molecular formula is C21H20F3N3O4S. The molecule has 1 heterocycles. The van der Waals surface area contributed by atoms with Crippen molar-refractivity contribution in [1.29, 1.82) is 0 Å². The second kappa shape index (κ2) is 8.75. The molecule has 0 aliphatic carbocycles. The van der Waals surface area contributed by atoms with E-state index in [0.717, 1.165) is 30.3 Å². The third-order valence-corrected chi connectivity index (χ3v) is 6.92. The molecule has 3 aromatic rings. The summed E-state index contributed by atoms with van der Waals surface area (Å²) in [6, 6.07) is 8.85. The number of alkyl halides is 3. The zero-order valence-corrected chi connectivity index (χ0v) is 18.0.